The van der Waals surface area contributed by atoms with Crippen molar-refractivity contribution >= 4 is 17.5 Å². The normalized spacial score (nSPS) is 21.6. The average Bonchev–Trinajstić information content (AvgIpc) is 2.85. The summed E-state index contributed by atoms with van der Waals surface area (Å²) in [5.41, 5.74) is 0.640. The largest absolute Gasteiger partial charge is 0.481 e. The lowest BCUT2D eigenvalue weighted by atomic mass is 9.96. The minimum absolute atomic E-state index is 0.0441. The van der Waals surface area contributed by atoms with Crippen molar-refractivity contribution in [1.29, 1.82) is 0 Å². The molecule has 2 N–H and O–H groups in total. The van der Waals surface area contributed by atoms with Gasteiger partial charge in [0, 0.05) is 12.6 Å². The Labute approximate surface area is 116 Å². The van der Waals surface area contributed by atoms with E-state index in [4.69, 9.17) is 5.11 Å². The summed E-state index contributed by atoms with van der Waals surface area (Å²) >= 11 is 0. The molecule has 2 atom stereocenters. The summed E-state index contributed by atoms with van der Waals surface area (Å²) in [6, 6.07) is 1.46. The van der Waals surface area contributed by atoms with Gasteiger partial charge >= 0.3 is 5.97 Å². The number of nitro groups is 1. The molecule has 1 aromatic heterocycles. The molecule has 108 valence electrons. The van der Waals surface area contributed by atoms with Gasteiger partial charge < -0.3 is 10.4 Å². The minimum atomic E-state index is -0.748. The molecule has 1 saturated carbocycles. The number of nitrogens with one attached hydrogen (secondary N) is 1. The smallest absolute Gasteiger partial charge is 0.306 e. The van der Waals surface area contributed by atoms with E-state index in [2.05, 4.69) is 10.3 Å². The topological polar surface area (TPSA) is 105 Å². The van der Waals surface area contributed by atoms with Crippen LogP contribution in [0.2, 0.25) is 0 Å². The van der Waals surface area contributed by atoms with E-state index < -0.39 is 10.9 Å². The van der Waals surface area contributed by atoms with Crippen molar-refractivity contribution in [2.24, 2.45) is 11.8 Å². The third kappa shape index (κ3) is 3.04. The molecule has 7 nitrogen and oxygen atoms in total. The fourth-order valence-electron chi connectivity index (χ4n) is 2.68. The van der Waals surface area contributed by atoms with Gasteiger partial charge in [-0.1, -0.05) is 6.42 Å². The van der Waals surface area contributed by atoms with Crippen molar-refractivity contribution in [3.05, 3.63) is 27.9 Å². The fraction of sp³-hybridized carbons (Fsp3) is 0.538. The Morgan fingerprint density at radius 2 is 2.35 bits per heavy atom. The van der Waals surface area contributed by atoms with E-state index in [0.29, 0.717) is 24.3 Å². The second kappa shape index (κ2) is 5.85. The number of carboxylic acid groups (broad SMARTS) is 1. The molecule has 2 unspecified atom stereocenters. The Kier molecular flexibility index (Phi) is 4.16. The lowest BCUT2D eigenvalue weighted by Crippen LogP contribution is -2.24. The average molecular weight is 279 g/mol. The molecule has 1 aliphatic rings. The van der Waals surface area contributed by atoms with Crippen molar-refractivity contribution in [1.82, 2.24) is 4.98 Å². The minimum Gasteiger partial charge on any atom is -0.481 e. The molecule has 0 aromatic carbocycles. The molecule has 1 aromatic rings. The molecule has 1 heterocycles. The van der Waals surface area contributed by atoms with Gasteiger partial charge in [0.05, 0.1) is 10.8 Å². The molecule has 0 aliphatic heterocycles. The van der Waals surface area contributed by atoms with Gasteiger partial charge in [0.15, 0.2) is 0 Å². The van der Waals surface area contributed by atoms with E-state index in [0.717, 1.165) is 12.8 Å². The molecule has 0 bridgehead atoms. The predicted octanol–water partition coefficient (Wildman–Crippen LogP) is 2.21. The monoisotopic (exact) mass is 279 g/mol. The molecule has 1 fully saturated rings. The van der Waals surface area contributed by atoms with Gasteiger partial charge in [0.25, 0.3) is 5.69 Å². The highest BCUT2D eigenvalue weighted by Crippen LogP contribution is 2.32. The van der Waals surface area contributed by atoms with E-state index in [9.17, 15) is 14.9 Å². The highest BCUT2D eigenvalue weighted by Gasteiger charge is 2.32. The van der Waals surface area contributed by atoms with Gasteiger partial charge in [-0.2, -0.15) is 0 Å². The standard InChI is InChI=1S/C13H17N3O4/c1-8-5-10(16(19)20)7-15-12(8)14-6-9-3-2-4-11(9)13(17)18/h5,7,9,11H,2-4,6H2,1H3,(H,14,15)(H,17,18). The fourth-order valence-corrected chi connectivity index (χ4v) is 2.68. The number of rotatable bonds is 5. The van der Waals surface area contributed by atoms with E-state index in [1.165, 1.54) is 12.3 Å². The van der Waals surface area contributed by atoms with Crippen molar-refractivity contribution in [2.45, 2.75) is 26.2 Å². The van der Waals surface area contributed by atoms with Crippen molar-refractivity contribution in [3.63, 3.8) is 0 Å². The van der Waals surface area contributed by atoms with Crippen LogP contribution in [0, 0.1) is 28.9 Å². The van der Waals surface area contributed by atoms with Crippen LogP contribution in [0.1, 0.15) is 24.8 Å². The molecule has 20 heavy (non-hydrogen) atoms. The number of pyridine rings is 1. The Bertz CT molecular complexity index is 532. The first-order valence-electron chi connectivity index (χ1n) is 6.56. The van der Waals surface area contributed by atoms with Gasteiger partial charge in [0.1, 0.15) is 12.0 Å². The quantitative estimate of drug-likeness (QED) is 0.632. The van der Waals surface area contributed by atoms with Crippen LogP contribution < -0.4 is 5.32 Å². The number of anilines is 1. The van der Waals surface area contributed by atoms with Crippen LogP contribution in [-0.2, 0) is 4.79 Å². The van der Waals surface area contributed by atoms with Crippen LogP contribution >= 0.6 is 0 Å². The summed E-state index contributed by atoms with van der Waals surface area (Å²) in [4.78, 5) is 25.3. The first-order chi connectivity index (χ1) is 9.49. The maximum atomic E-state index is 11.1. The molecule has 0 spiro atoms. The zero-order valence-corrected chi connectivity index (χ0v) is 11.2. The summed E-state index contributed by atoms with van der Waals surface area (Å²) in [6.45, 7) is 2.27. The summed E-state index contributed by atoms with van der Waals surface area (Å²) < 4.78 is 0. The first-order valence-corrected chi connectivity index (χ1v) is 6.56. The highest BCUT2D eigenvalue weighted by molar-refractivity contribution is 5.70. The van der Waals surface area contributed by atoms with Crippen LogP contribution in [-0.4, -0.2) is 27.5 Å². The maximum Gasteiger partial charge on any atom is 0.306 e. The number of aliphatic carboxylic acids is 1. The molecule has 1 aliphatic carbocycles. The molecule has 0 amide bonds. The van der Waals surface area contributed by atoms with Gasteiger partial charge in [-0.15, -0.1) is 0 Å². The zero-order chi connectivity index (χ0) is 14.7. The van der Waals surface area contributed by atoms with E-state index in [-0.39, 0.29) is 17.5 Å². The van der Waals surface area contributed by atoms with Crippen LogP contribution in [0.25, 0.3) is 0 Å². The SMILES string of the molecule is Cc1cc([N+](=O)[O-])cnc1NCC1CCCC1C(=O)O. The van der Waals surface area contributed by atoms with Crippen LogP contribution in [0.4, 0.5) is 11.5 Å². The maximum absolute atomic E-state index is 11.1. The second-order valence-electron chi connectivity index (χ2n) is 5.13. The molecule has 0 saturated heterocycles. The Hall–Kier alpha value is -2.18. The van der Waals surface area contributed by atoms with Gasteiger partial charge in [-0.3, -0.25) is 14.9 Å². The van der Waals surface area contributed by atoms with Crippen molar-refractivity contribution < 1.29 is 14.8 Å². The Morgan fingerprint density at radius 3 is 2.95 bits per heavy atom. The number of nitrogens with zero attached hydrogens (tertiary/aromatic N) is 2. The predicted molar refractivity (Wildman–Crippen MR) is 72.6 cm³/mol. The summed E-state index contributed by atoms with van der Waals surface area (Å²) in [5.74, 6) is -0.390. The van der Waals surface area contributed by atoms with E-state index in [1.807, 2.05) is 0 Å². The lowest BCUT2D eigenvalue weighted by Gasteiger charge is -2.17. The third-order valence-corrected chi connectivity index (χ3v) is 3.78. The highest BCUT2D eigenvalue weighted by atomic mass is 16.6. The molecular weight excluding hydrogens is 262 g/mol. The molecule has 0 radical (unpaired) electrons. The van der Waals surface area contributed by atoms with Crippen LogP contribution in [0.15, 0.2) is 12.3 Å². The van der Waals surface area contributed by atoms with Crippen LogP contribution in [0.5, 0.6) is 0 Å². The van der Waals surface area contributed by atoms with Gasteiger partial charge in [0.2, 0.25) is 0 Å². The van der Waals surface area contributed by atoms with E-state index in [1.54, 1.807) is 6.92 Å². The summed E-state index contributed by atoms with van der Waals surface area (Å²) in [5, 5.41) is 22.9. The molecule has 7 heteroatoms. The number of carboxylic acids is 1. The summed E-state index contributed by atoms with van der Waals surface area (Å²) in [6.07, 6.45) is 3.74. The number of carbonyl (C=O) groups is 1. The lowest BCUT2D eigenvalue weighted by molar-refractivity contribution is -0.385. The number of hydrogen-bond acceptors (Lipinski definition) is 5. The second-order valence-corrected chi connectivity index (χ2v) is 5.13. The third-order valence-electron chi connectivity index (χ3n) is 3.78. The van der Waals surface area contributed by atoms with Crippen molar-refractivity contribution in [3.8, 4) is 0 Å². The Morgan fingerprint density at radius 1 is 1.60 bits per heavy atom. The molecular formula is C13H17N3O4. The van der Waals surface area contributed by atoms with E-state index >= 15 is 0 Å². The first kappa shape index (κ1) is 14.2. The van der Waals surface area contributed by atoms with Gasteiger partial charge in [-0.05, 0) is 31.2 Å². The van der Waals surface area contributed by atoms with Crippen LogP contribution in [0.3, 0.4) is 0 Å². The van der Waals surface area contributed by atoms with Crippen molar-refractivity contribution in [2.75, 3.05) is 11.9 Å². The number of aromatic nitrogens is 1. The van der Waals surface area contributed by atoms with Gasteiger partial charge in [-0.25, -0.2) is 4.98 Å². The zero-order valence-electron chi connectivity index (χ0n) is 11.2. The number of aryl methyl sites for hydroxylation is 1. The number of hydrogen-bond donors (Lipinski definition) is 2. The Balaban J connectivity index is 2.00. The summed E-state index contributed by atoms with van der Waals surface area (Å²) in [7, 11) is 0. The molecule has 2 rings (SSSR count).